The summed E-state index contributed by atoms with van der Waals surface area (Å²) in [5.74, 6) is -1.56. The predicted octanol–water partition coefficient (Wildman–Crippen LogP) is 2.29. The monoisotopic (exact) mass is 242 g/mol. The third kappa shape index (κ3) is 4.01. The van der Waals surface area contributed by atoms with Crippen molar-refractivity contribution in [3.63, 3.8) is 0 Å². The molecule has 94 valence electrons. The Hall–Kier alpha value is -1.65. The van der Waals surface area contributed by atoms with E-state index in [0.29, 0.717) is 6.54 Å². The number of nitrogens with one attached hydrogen (secondary N) is 2. The van der Waals surface area contributed by atoms with Crippen LogP contribution in [0.3, 0.4) is 0 Å². The summed E-state index contributed by atoms with van der Waals surface area (Å²) in [4.78, 5) is 11.5. The molecule has 0 radical (unpaired) electrons. The molecule has 1 aromatic rings. The maximum atomic E-state index is 13.3. The molecule has 0 aliphatic rings. The van der Waals surface area contributed by atoms with E-state index in [0.717, 1.165) is 18.6 Å². The van der Waals surface area contributed by atoms with Gasteiger partial charge in [0.15, 0.2) is 0 Å². The van der Waals surface area contributed by atoms with E-state index in [1.807, 2.05) is 6.92 Å². The van der Waals surface area contributed by atoms with Gasteiger partial charge in [-0.1, -0.05) is 6.92 Å². The van der Waals surface area contributed by atoms with Gasteiger partial charge in [0.05, 0.1) is 5.69 Å². The number of rotatable bonds is 5. The second kappa shape index (κ2) is 6.18. The molecule has 1 aromatic carbocycles. The molecule has 0 saturated heterocycles. The molecule has 1 amide bonds. The van der Waals surface area contributed by atoms with Crippen LogP contribution in [0.4, 0.5) is 14.5 Å². The molecule has 1 unspecified atom stereocenters. The average molecular weight is 242 g/mol. The second-order valence-electron chi connectivity index (χ2n) is 3.78. The number of hydrogen-bond acceptors (Lipinski definition) is 2. The molecule has 0 aliphatic carbocycles. The topological polar surface area (TPSA) is 41.1 Å². The molecule has 0 bridgehead atoms. The van der Waals surface area contributed by atoms with Gasteiger partial charge in [-0.3, -0.25) is 4.79 Å². The maximum absolute atomic E-state index is 13.3. The summed E-state index contributed by atoms with van der Waals surface area (Å²) < 4.78 is 26.0. The number of hydrogen-bond donors (Lipinski definition) is 2. The number of benzene rings is 1. The third-order valence-electron chi connectivity index (χ3n) is 2.25. The lowest BCUT2D eigenvalue weighted by molar-refractivity contribution is -0.121. The predicted molar refractivity (Wildman–Crippen MR) is 62.7 cm³/mol. The molecule has 0 aromatic heterocycles. The molecule has 5 heteroatoms. The molecular weight excluding hydrogens is 226 g/mol. The highest BCUT2D eigenvalue weighted by Crippen LogP contribution is 2.15. The summed E-state index contributed by atoms with van der Waals surface area (Å²) in [6.45, 7) is 4.14. The normalized spacial score (nSPS) is 12.0. The van der Waals surface area contributed by atoms with Crippen molar-refractivity contribution in [2.45, 2.75) is 26.3 Å². The van der Waals surface area contributed by atoms with Crippen LogP contribution in [0, 0.1) is 11.6 Å². The van der Waals surface area contributed by atoms with Gasteiger partial charge in [0, 0.05) is 12.6 Å². The largest absolute Gasteiger partial charge is 0.372 e. The third-order valence-corrected chi connectivity index (χ3v) is 2.25. The zero-order valence-corrected chi connectivity index (χ0v) is 9.89. The van der Waals surface area contributed by atoms with Crippen molar-refractivity contribution in [2.24, 2.45) is 0 Å². The van der Waals surface area contributed by atoms with Crippen molar-refractivity contribution >= 4 is 11.6 Å². The summed E-state index contributed by atoms with van der Waals surface area (Å²) in [6, 6.07) is 2.62. The van der Waals surface area contributed by atoms with E-state index in [4.69, 9.17) is 0 Å². The lowest BCUT2D eigenvalue weighted by Gasteiger charge is -2.15. The van der Waals surface area contributed by atoms with Crippen LogP contribution in [-0.4, -0.2) is 18.5 Å². The highest BCUT2D eigenvalue weighted by molar-refractivity contribution is 5.84. The molecule has 1 atom stereocenters. The van der Waals surface area contributed by atoms with Crippen LogP contribution >= 0.6 is 0 Å². The van der Waals surface area contributed by atoms with E-state index in [-0.39, 0.29) is 11.6 Å². The first-order valence-corrected chi connectivity index (χ1v) is 5.54. The van der Waals surface area contributed by atoms with Crippen molar-refractivity contribution in [3.05, 3.63) is 29.8 Å². The molecule has 0 spiro atoms. The fourth-order valence-corrected chi connectivity index (χ4v) is 1.31. The van der Waals surface area contributed by atoms with Gasteiger partial charge in [-0.15, -0.1) is 0 Å². The quantitative estimate of drug-likeness (QED) is 0.831. The Morgan fingerprint density at radius 1 is 1.41 bits per heavy atom. The highest BCUT2D eigenvalue weighted by Gasteiger charge is 2.13. The van der Waals surface area contributed by atoms with Gasteiger partial charge < -0.3 is 10.6 Å². The number of amides is 1. The molecule has 0 aliphatic heterocycles. The highest BCUT2D eigenvalue weighted by atomic mass is 19.1. The minimum atomic E-state index is -0.708. The molecular formula is C12H16F2N2O. The molecule has 0 saturated carbocycles. The Kier molecular flexibility index (Phi) is 4.87. The molecule has 1 rings (SSSR count). The minimum absolute atomic E-state index is 0.116. The van der Waals surface area contributed by atoms with E-state index in [9.17, 15) is 13.6 Å². The van der Waals surface area contributed by atoms with E-state index >= 15 is 0 Å². The Morgan fingerprint density at radius 3 is 2.71 bits per heavy atom. The van der Waals surface area contributed by atoms with Gasteiger partial charge in [0.1, 0.15) is 17.7 Å². The summed E-state index contributed by atoms with van der Waals surface area (Å²) in [6.07, 6.45) is 0.837. The van der Waals surface area contributed by atoms with Crippen LogP contribution < -0.4 is 10.6 Å². The van der Waals surface area contributed by atoms with Crippen molar-refractivity contribution in [1.82, 2.24) is 5.32 Å². The average Bonchev–Trinajstić information content (AvgIpc) is 2.29. The first-order chi connectivity index (χ1) is 8.04. The zero-order chi connectivity index (χ0) is 12.8. The Balaban J connectivity index is 2.61. The Bertz CT molecular complexity index is 396. The SMILES string of the molecule is CCCNC(=O)C(C)Nc1ccc(F)cc1F. The standard InChI is InChI=1S/C12H16F2N2O/c1-3-6-15-12(17)8(2)16-11-5-4-9(13)7-10(11)14/h4-5,7-8,16H,3,6H2,1-2H3,(H,15,17). The second-order valence-corrected chi connectivity index (χ2v) is 3.78. The number of anilines is 1. The lowest BCUT2D eigenvalue weighted by atomic mass is 10.2. The number of carbonyl (C=O) groups is 1. The van der Waals surface area contributed by atoms with Crippen LogP contribution in [0.15, 0.2) is 18.2 Å². The van der Waals surface area contributed by atoms with Crippen LogP contribution in [-0.2, 0) is 4.79 Å². The van der Waals surface area contributed by atoms with E-state index < -0.39 is 17.7 Å². The first-order valence-electron chi connectivity index (χ1n) is 5.54. The Labute approximate surface area is 99.2 Å². The van der Waals surface area contributed by atoms with Crippen molar-refractivity contribution in [2.75, 3.05) is 11.9 Å². The van der Waals surface area contributed by atoms with Gasteiger partial charge in [-0.2, -0.15) is 0 Å². The fourth-order valence-electron chi connectivity index (χ4n) is 1.31. The fraction of sp³-hybridized carbons (Fsp3) is 0.417. The molecule has 0 fully saturated rings. The molecule has 2 N–H and O–H groups in total. The molecule has 3 nitrogen and oxygen atoms in total. The molecule has 17 heavy (non-hydrogen) atoms. The maximum Gasteiger partial charge on any atom is 0.242 e. The zero-order valence-electron chi connectivity index (χ0n) is 9.89. The van der Waals surface area contributed by atoms with E-state index in [1.165, 1.54) is 6.07 Å². The lowest BCUT2D eigenvalue weighted by Crippen LogP contribution is -2.38. The van der Waals surface area contributed by atoms with Crippen molar-refractivity contribution in [3.8, 4) is 0 Å². The van der Waals surface area contributed by atoms with Gasteiger partial charge in [-0.05, 0) is 25.5 Å². The summed E-state index contributed by atoms with van der Waals surface area (Å²) in [7, 11) is 0. The van der Waals surface area contributed by atoms with Gasteiger partial charge >= 0.3 is 0 Å². The van der Waals surface area contributed by atoms with Crippen LogP contribution in [0.1, 0.15) is 20.3 Å². The smallest absolute Gasteiger partial charge is 0.242 e. The van der Waals surface area contributed by atoms with Gasteiger partial charge in [-0.25, -0.2) is 8.78 Å². The van der Waals surface area contributed by atoms with Crippen LogP contribution in [0.2, 0.25) is 0 Å². The minimum Gasteiger partial charge on any atom is -0.372 e. The summed E-state index contributed by atoms with van der Waals surface area (Å²) in [5.41, 5.74) is 0.116. The Morgan fingerprint density at radius 2 is 2.12 bits per heavy atom. The molecule has 0 heterocycles. The van der Waals surface area contributed by atoms with Crippen LogP contribution in [0.5, 0.6) is 0 Å². The number of carbonyl (C=O) groups excluding carboxylic acids is 1. The van der Waals surface area contributed by atoms with Gasteiger partial charge in [0.25, 0.3) is 0 Å². The first kappa shape index (κ1) is 13.4. The van der Waals surface area contributed by atoms with E-state index in [1.54, 1.807) is 6.92 Å². The van der Waals surface area contributed by atoms with Crippen LogP contribution in [0.25, 0.3) is 0 Å². The van der Waals surface area contributed by atoms with Crippen molar-refractivity contribution in [1.29, 1.82) is 0 Å². The number of halogens is 2. The summed E-state index contributed by atoms with van der Waals surface area (Å²) in [5, 5.41) is 5.38. The van der Waals surface area contributed by atoms with E-state index in [2.05, 4.69) is 10.6 Å². The van der Waals surface area contributed by atoms with Crippen molar-refractivity contribution < 1.29 is 13.6 Å². The summed E-state index contributed by atoms with van der Waals surface area (Å²) >= 11 is 0. The van der Waals surface area contributed by atoms with Gasteiger partial charge in [0.2, 0.25) is 5.91 Å².